The molecule has 0 radical (unpaired) electrons. The molecule has 1 aromatic carbocycles. The number of benzene rings is 1. The number of guanidine groups is 2. The van der Waals surface area contributed by atoms with Crippen LogP contribution in [0.4, 0.5) is 0 Å². The summed E-state index contributed by atoms with van der Waals surface area (Å²) in [5.41, 5.74) is 33.7. The third-order valence-corrected chi connectivity index (χ3v) is 6.36. The minimum absolute atomic E-state index is 0.0371. The maximum Gasteiger partial charge on any atom is 0.326 e. The highest BCUT2D eigenvalue weighted by Gasteiger charge is 2.30. The summed E-state index contributed by atoms with van der Waals surface area (Å²) in [7, 11) is 0. The lowest BCUT2D eigenvalue weighted by Crippen LogP contribution is -2.57. The number of nitrogens with one attached hydrogen (secondary N) is 3. The van der Waals surface area contributed by atoms with Crippen LogP contribution in [0.3, 0.4) is 0 Å². The number of hydrogen-bond donors (Lipinski definition) is 10. The molecular weight excluding hydrogens is 558 g/mol. The molecule has 1 aromatic rings. The first-order valence-electron chi connectivity index (χ1n) is 14.2. The van der Waals surface area contributed by atoms with Gasteiger partial charge in [0, 0.05) is 19.5 Å². The zero-order valence-corrected chi connectivity index (χ0v) is 24.4. The summed E-state index contributed by atoms with van der Waals surface area (Å²) in [6.45, 7) is 0.863. The minimum Gasteiger partial charge on any atom is -0.480 e. The van der Waals surface area contributed by atoms with Gasteiger partial charge < -0.3 is 55.5 Å². The Bertz CT molecular complexity index is 1080. The van der Waals surface area contributed by atoms with Crippen LogP contribution < -0.4 is 50.4 Å². The van der Waals surface area contributed by atoms with Crippen molar-refractivity contribution in [1.82, 2.24) is 16.0 Å². The van der Waals surface area contributed by atoms with Gasteiger partial charge >= 0.3 is 5.97 Å². The number of rotatable bonds is 21. The molecule has 0 bridgehead atoms. The van der Waals surface area contributed by atoms with Gasteiger partial charge in [-0.05, 0) is 57.1 Å². The molecule has 3 amide bonds. The first-order valence-corrected chi connectivity index (χ1v) is 14.2. The Morgan fingerprint density at radius 3 is 1.70 bits per heavy atom. The number of carboxylic acids is 1. The molecule has 0 aliphatic heterocycles. The molecule has 0 spiro atoms. The normalized spacial score (nSPS) is 13.4. The van der Waals surface area contributed by atoms with Crippen molar-refractivity contribution in [1.29, 1.82) is 0 Å². The maximum absolute atomic E-state index is 13.4. The van der Waals surface area contributed by atoms with Gasteiger partial charge in [0.05, 0.1) is 6.04 Å². The molecule has 16 N–H and O–H groups in total. The van der Waals surface area contributed by atoms with Gasteiger partial charge in [-0.3, -0.25) is 24.4 Å². The molecule has 0 aromatic heterocycles. The SMILES string of the molecule is NCCCCC(NC(=O)C(N)CCCN=C(N)N)C(=O)NC(CCCN=C(N)N)C(=O)NC(Cc1ccccc1)C(=O)O. The summed E-state index contributed by atoms with van der Waals surface area (Å²) in [5, 5.41) is 17.6. The molecule has 16 nitrogen and oxygen atoms in total. The van der Waals surface area contributed by atoms with Gasteiger partial charge in [-0.1, -0.05) is 30.3 Å². The number of hydrogen-bond acceptors (Lipinski definition) is 8. The predicted molar refractivity (Wildman–Crippen MR) is 164 cm³/mol. The van der Waals surface area contributed by atoms with E-state index >= 15 is 0 Å². The van der Waals surface area contributed by atoms with Crippen LogP contribution in [0, 0.1) is 0 Å². The van der Waals surface area contributed by atoms with E-state index in [1.54, 1.807) is 30.3 Å². The van der Waals surface area contributed by atoms with Crippen molar-refractivity contribution >= 4 is 35.6 Å². The minimum atomic E-state index is -1.25. The van der Waals surface area contributed by atoms with Gasteiger partial charge in [0.2, 0.25) is 17.7 Å². The molecule has 1 rings (SSSR count). The van der Waals surface area contributed by atoms with Crippen LogP contribution >= 0.6 is 0 Å². The molecule has 0 aliphatic carbocycles. The van der Waals surface area contributed by atoms with Crippen LogP contribution in [-0.4, -0.2) is 84.5 Å². The van der Waals surface area contributed by atoms with E-state index in [0.29, 0.717) is 44.3 Å². The molecule has 0 aliphatic rings. The number of amides is 3. The standard InChI is InChI=1S/C27H47N11O5/c28-13-5-4-11-19(36-22(39)18(29)10-6-14-34-26(30)31)23(40)37-20(12-7-15-35-27(32)33)24(41)38-21(25(42)43)16-17-8-2-1-3-9-17/h1-3,8-9,18-21H,4-7,10-16,28-29H2,(H,36,39)(H,37,40)(H,38,41)(H,42,43)(H4,30,31,34)(H4,32,33,35). The average molecular weight is 606 g/mol. The van der Waals surface area contributed by atoms with Crippen molar-refractivity contribution in [3.8, 4) is 0 Å². The zero-order chi connectivity index (χ0) is 32.2. The Kier molecular flexibility index (Phi) is 17.4. The van der Waals surface area contributed by atoms with Gasteiger partial charge in [0.1, 0.15) is 18.1 Å². The van der Waals surface area contributed by atoms with Crippen molar-refractivity contribution in [2.45, 2.75) is 75.5 Å². The number of carboxylic acid groups (broad SMARTS) is 1. The van der Waals surface area contributed by atoms with E-state index in [9.17, 15) is 24.3 Å². The summed E-state index contributed by atoms with van der Waals surface area (Å²) in [4.78, 5) is 59.2. The van der Waals surface area contributed by atoms with E-state index in [4.69, 9.17) is 34.4 Å². The fraction of sp³-hybridized carbons (Fsp3) is 0.556. The number of nitrogens with zero attached hydrogens (tertiary/aromatic N) is 2. The van der Waals surface area contributed by atoms with E-state index < -0.39 is 47.9 Å². The van der Waals surface area contributed by atoms with Crippen molar-refractivity contribution in [2.24, 2.45) is 44.4 Å². The average Bonchev–Trinajstić information content (AvgIpc) is 2.95. The first kappa shape index (κ1) is 36.6. The quantitative estimate of drug-likeness (QED) is 0.0391. The molecule has 0 saturated carbocycles. The summed E-state index contributed by atoms with van der Waals surface area (Å²) in [5.74, 6) is -3.32. The van der Waals surface area contributed by atoms with Crippen LogP contribution in [0.25, 0.3) is 0 Å². The number of aliphatic imine (C=N–C) groups is 2. The summed E-state index contributed by atoms with van der Waals surface area (Å²) < 4.78 is 0. The highest BCUT2D eigenvalue weighted by Crippen LogP contribution is 2.08. The number of nitrogens with two attached hydrogens (primary N) is 6. The highest BCUT2D eigenvalue weighted by atomic mass is 16.4. The largest absolute Gasteiger partial charge is 0.480 e. The molecule has 240 valence electrons. The lowest BCUT2D eigenvalue weighted by Gasteiger charge is -2.25. The fourth-order valence-corrected chi connectivity index (χ4v) is 4.06. The van der Waals surface area contributed by atoms with E-state index in [1.165, 1.54) is 0 Å². The third-order valence-electron chi connectivity index (χ3n) is 6.36. The molecule has 0 saturated heterocycles. The Labute approximate surface area is 251 Å². The number of carbonyl (C=O) groups is 4. The molecular formula is C27H47N11O5. The van der Waals surface area contributed by atoms with Crippen molar-refractivity contribution in [2.75, 3.05) is 19.6 Å². The van der Waals surface area contributed by atoms with Crippen molar-refractivity contribution in [3.05, 3.63) is 35.9 Å². The lowest BCUT2D eigenvalue weighted by molar-refractivity contribution is -0.142. The second-order valence-corrected chi connectivity index (χ2v) is 10.0. The van der Waals surface area contributed by atoms with E-state index in [-0.39, 0.29) is 44.1 Å². The lowest BCUT2D eigenvalue weighted by atomic mass is 10.0. The van der Waals surface area contributed by atoms with Gasteiger partial charge in [0.25, 0.3) is 0 Å². The van der Waals surface area contributed by atoms with Crippen LogP contribution in [0.1, 0.15) is 50.5 Å². The van der Waals surface area contributed by atoms with Crippen LogP contribution in [0.15, 0.2) is 40.3 Å². The van der Waals surface area contributed by atoms with E-state index in [0.717, 1.165) is 0 Å². The number of unbranched alkanes of at least 4 members (excludes halogenated alkanes) is 1. The summed E-state index contributed by atoms with van der Waals surface area (Å²) in [6, 6.07) is 4.48. The summed E-state index contributed by atoms with van der Waals surface area (Å²) in [6.07, 6.45) is 2.52. The highest BCUT2D eigenvalue weighted by molar-refractivity contribution is 5.94. The van der Waals surface area contributed by atoms with Crippen LogP contribution in [0.2, 0.25) is 0 Å². The Morgan fingerprint density at radius 2 is 1.19 bits per heavy atom. The maximum atomic E-state index is 13.4. The fourth-order valence-electron chi connectivity index (χ4n) is 4.06. The third kappa shape index (κ3) is 16.0. The molecule has 4 unspecified atom stereocenters. The first-order chi connectivity index (χ1) is 20.4. The molecule has 43 heavy (non-hydrogen) atoms. The molecule has 0 heterocycles. The smallest absolute Gasteiger partial charge is 0.326 e. The molecule has 4 atom stereocenters. The van der Waals surface area contributed by atoms with Gasteiger partial charge in [-0.2, -0.15) is 0 Å². The Balaban J connectivity index is 3.03. The van der Waals surface area contributed by atoms with Crippen molar-refractivity contribution < 1.29 is 24.3 Å². The van der Waals surface area contributed by atoms with Crippen LogP contribution in [0.5, 0.6) is 0 Å². The number of aliphatic carboxylic acids is 1. The molecule has 0 fully saturated rings. The van der Waals surface area contributed by atoms with Gasteiger partial charge in [-0.15, -0.1) is 0 Å². The van der Waals surface area contributed by atoms with Gasteiger partial charge in [-0.25, -0.2) is 4.79 Å². The van der Waals surface area contributed by atoms with Crippen molar-refractivity contribution in [3.63, 3.8) is 0 Å². The van der Waals surface area contributed by atoms with Crippen LogP contribution in [-0.2, 0) is 25.6 Å². The number of carbonyl (C=O) groups excluding carboxylic acids is 3. The van der Waals surface area contributed by atoms with E-state index in [1.807, 2.05) is 0 Å². The monoisotopic (exact) mass is 605 g/mol. The Morgan fingerprint density at radius 1 is 0.698 bits per heavy atom. The van der Waals surface area contributed by atoms with E-state index in [2.05, 4.69) is 25.9 Å². The van der Waals surface area contributed by atoms with Gasteiger partial charge in [0.15, 0.2) is 11.9 Å². The molecule has 16 heteroatoms. The second kappa shape index (κ2) is 20.4. The Hall–Kier alpha value is -4.44. The second-order valence-electron chi connectivity index (χ2n) is 10.0. The zero-order valence-electron chi connectivity index (χ0n) is 24.4. The topological polar surface area (TPSA) is 305 Å². The summed E-state index contributed by atoms with van der Waals surface area (Å²) >= 11 is 0. The predicted octanol–water partition coefficient (Wildman–Crippen LogP) is -2.67.